The Kier molecular flexibility index (Phi) is 7.34. The molecule has 1 fully saturated rings. The highest BCUT2D eigenvalue weighted by Crippen LogP contribution is 2.33. The molecule has 6 nitrogen and oxygen atoms in total. The van der Waals surface area contributed by atoms with Crippen LogP contribution in [0.1, 0.15) is 34.0 Å². The van der Waals surface area contributed by atoms with Crippen molar-refractivity contribution in [3.8, 4) is 0 Å². The van der Waals surface area contributed by atoms with Gasteiger partial charge in [0.05, 0.1) is 23.1 Å². The zero-order chi connectivity index (χ0) is 25.5. The van der Waals surface area contributed by atoms with Gasteiger partial charge in [0.15, 0.2) is 17.3 Å². The first kappa shape index (κ1) is 25.8. The third-order valence-corrected chi connectivity index (χ3v) is 7.25. The van der Waals surface area contributed by atoms with Gasteiger partial charge in [0.25, 0.3) is 5.91 Å². The van der Waals surface area contributed by atoms with Crippen LogP contribution in [0.4, 0.5) is 26.3 Å². The third-order valence-electron chi connectivity index (χ3n) is 5.86. The molecule has 3 heterocycles. The van der Waals surface area contributed by atoms with E-state index in [0.29, 0.717) is 29.2 Å². The predicted molar refractivity (Wildman–Crippen MR) is 121 cm³/mol. The van der Waals surface area contributed by atoms with Gasteiger partial charge in [0.1, 0.15) is 5.82 Å². The number of hydrogen-bond donors (Lipinski definition) is 1. The van der Waals surface area contributed by atoms with Crippen molar-refractivity contribution in [2.24, 2.45) is 5.73 Å². The Bertz CT molecular complexity index is 1150. The molecule has 2 aromatic rings. The maximum absolute atomic E-state index is 14.0. The van der Waals surface area contributed by atoms with Gasteiger partial charge in [-0.25, -0.2) is 18.2 Å². The number of aromatic nitrogens is 2. The summed E-state index contributed by atoms with van der Waals surface area (Å²) >= 11 is 6.94. The van der Waals surface area contributed by atoms with Gasteiger partial charge in [-0.15, -0.1) is 11.8 Å². The lowest BCUT2D eigenvalue weighted by molar-refractivity contribution is -0.147. The van der Waals surface area contributed by atoms with E-state index in [1.165, 1.54) is 16.7 Å². The second kappa shape index (κ2) is 9.97. The lowest BCUT2D eigenvalue weighted by atomic mass is 10.0. The third kappa shape index (κ3) is 5.43. The number of benzene rings is 1. The Morgan fingerprint density at radius 2 is 1.83 bits per heavy atom. The van der Waals surface area contributed by atoms with Crippen LogP contribution in [-0.2, 0) is 25.7 Å². The molecule has 1 aromatic heterocycles. The minimum Gasteiger partial charge on any atom is -0.358 e. The zero-order valence-electron chi connectivity index (χ0n) is 18.2. The van der Waals surface area contributed by atoms with Crippen LogP contribution in [0, 0.1) is 17.5 Å². The maximum atomic E-state index is 14.0. The molecule has 2 N–H and O–H groups in total. The van der Waals surface area contributed by atoms with Gasteiger partial charge in [0, 0.05) is 43.9 Å². The molecule has 0 aliphatic carbocycles. The average molecular weight is 538 g/mol. The minimum absolute atomic E-state index is 0.0556. The number of carbonyl (C=O) groups is 1. The summed E-state index contributed by atoms with van der Waals surface area (Å²) in [4.78, 5) is 20.0. The number of rotatable bonds is 5. The second-order valence-electron chi connectivity index (χ2n) is 8.33. The first-order valence-corrected chi connectivity index (χ1v) is 12.2. The van der Waals surface area contributed by atoms with Gasteiger partial charge in [-0.05, 0) is 18.1 Å². The Morgan fingerprint density at radius 1 is 1.11 bits per heavy atom. The minimum atomic E-state index is -4.73. The van der Waals surface area contributed by atoms with Crippen LogP contribution in [-0.4, -0.2) is 61.0 Å². The lowest BCUT2D eigenvalue weighted by Gasteiger charge is -2.32. The molecule has 0 bridgehead atoms. The molecule has 1 saturated heterocycles. The van der Waals surface area contributed by atoms with Crippen molar-refractivity contribution < 1.29 is 31.1 Å². The smallest absolute Gasteiger partial charge is 0.358 e. The van der Waals surface area contributed by atoms with Crippen molar-refractivity contribution in [3.63, 3.8) is 0 Å². The SMILES string of the molecule is N[C@H](CC(=S)N1CCn2c(C(F)(F)F)nc(C(=O)N3CCSC3)c2C1)Cc1cc(F)c(F)cc1F. The molecule has 1 amide bonds. The Labute approximate surface area is 206 Å². The molecule has 2 aliphatic rings. The van der Waals surface area contributed by atoms with Crippen molar-refractivity contribution >= 4 is 34.9 Å². The highest BCUT2D eigenvalue weighted by atomic mass is 32.2. The van der Waals surface area contributed by atoms with E-state index in [-0.39, 0.29) is 49.4 Å². The van der Waals surface area contributed by atoms with Crippen LogP contribution < -0.4 is 5.73 Å². The van der Waals surface area contributed by atoms with E-state index >= 15 is 0 Å². The van der Waals surface area contributed by atoms with Crippen LogP contribution in [0.15, 0.2) is 12.1 Å². The summed E-state index contributed by atoms with van der Waals surface area (Å²) in [5.74, 6) is -4.06. The highest BCUT2D eigenvalue weighted by molar-refractivity contribution is 7.99. The van der Waals surface area contributed by atoms with Crippen LogP contribution >= 0.6 is 24.0 Å². The first-order valence-electron chi connectivity index (χ1n) is 10.7. The molecule has 1 atom stereocenters. The highest BCUT2D eigenvalue weighted by Gasteiger charge is 2.42. The molecule has 1 aromatic carbocycles. The van der Waals surface area contributed by atoms with Gasteiger partial charge < -0.3 is 20.1 Å². The molecule has 0 radical (unpaired) electrons. The fraction of sp³-hybridized carbons (Fsp3) is 0.476. The van der Waals surface area contributed by atoms with Crippen LogP contribution in [0.2, 0.25) is 0 Å². The van der Waals surface area contributed by atoms with Crippen molar-refractivity contribution in [2.45, 2.75) is 38.1 Å². The van der Waals surface area contributed by atoms with Gasteiger partial charge in [-0.2, -0.15) is 13.2 Å². The summed E-state index contributed by atoms with van der Waals surface area (Å²) in [5, 5.41) is 0. The molecule has 0 unspecified atom stereocenters. The topological polar surface area (TPSA) is 67.4 Å². The van der Waals surface area contributed by atoms with Gasteiger partial charge in [-0.1, -0.05) is 12.2 Å². The van der Waals surface area contributed by atoms with E-state index in [4.69, 9.17) is 18.0 Å². The molecular formula is C21H21F6N5OS2. The number of halogens is 6. The van der Waals surface area contributed by atoms with Crippen molar-refractivity contribution in [1.82, 2.24) is 19.4 Å². The largest absolute Gasteiger partial charge is 0.449 e. The van der Waals surface area contributed by atoms with E-state index in [9.17, 15) is 31.1 Å². The normalized spacial score (nSPS) is 17.0. The van der Waals surface area contributed by atoms with E-state index in [2.05, 4.69) is 4.98 Å². The number of nitrogens with zero attached hydrogens (tertiary/aromatic N) is 4. The number of imidazole rings is 1. The molecule has 190 valence electrons. The summed E-state index contributed by atoms with van der Waals surface area (Å²) < 4.78 is 82.4. The summed E-state index contributed by atoms with van der Waals surface area (Å²) in [6.45, 7) is 0.391. The summed E-state index contributed by atoms with van der Waals surface area (Å²) in [7, 11) is 0. The van der Waals surface area contributed by atoms with Crippen LogP contribution in [0.5, 0.6) is 0 Å². The number of thiocarbonyl (C=S) groups is 1. The number of fused-ring (bicyclic) bond motifs is 1. The molecule has 35 heavy (non-hydrogen) atoms. The van der Waals surface area contributed by atoms with E-state index < -0.39 is 41.4 Å². The zero-order valence-corrected chi connectivity index (χ0v) is 19.9. The van der Waals surface area contributed by atoms with Gasteiger partial charge in [0.2, 0.25) is 5.82 Å². The van der Waals surface area contributed by atoms with Crippen LogP contribution in [0.25, 0.3) is 0 Å². The summed E-state index contributed by atoms with van der Waals surface area (Å²) in [6, 6.07) is 0.430. The molecule has 0 spiro atoms. The van der Waals surface area contributed by atoms with Crippen molar-refractivity contribution in [1.29, 1.82) is 0 Å². The van der Waals surface area contributed by atoms with Crippen molar-refractivity contribution in [2.75, 3.05) is 24.7 Å². The monoisotopic (exact) mass is 537 g/mol. The van der Waals surface area contributed by atoms with E-state index in [1.54, 1.807) is 4.90 Å². The molecular weight excluding hydrogens is 516 g/mol. The van der Waals surface area contributed by atoms with Crippen molar-refractivity contribution in [3.05, 3.63) is 52.4 Å². The first-order chi connectivity index (χ1) is 16.5. The number of nitrogens with two attached hydrogens (primary N) is 1. The number of thioether (sulfide) groups is 1. The van der Waals surface area contributed by atoms with E-state index in [0.717, 1.165) is 10.6 Å². The van der Waals surface area contributed by atoms with E-state index in [1.807, 2.05) is 0 Å². The standard InChI is InChI=1S/C21H21F6N5OS2/c22-13-8-15(24)14(23)6-11(13)5-12(28)7-17(34)30-1-2-32-16(9-30)18(29-20(32)21(25,26)27)19(33)31-3-4-35-10-31/h6,8,12H,1-5,7,9-10,28H2/t12-/m0/s1. The lowest BCUT2D eigenvalue weighted by Crippen LogP contribution is -2.41. The molecule has 0 saturated carbocycles. The predicted octanol–water partition coefficient (Wildman–Crippen LogP) is 3.57. The maximum Gasteiger partial charge on any atom is 0.449 e. The number of amides is 1. The Morgan fingerprint density at radius 3 is 2.49 bits per heavy atom. The summed E-state index contributed by atoms with van der Waals surface area (Å²) in [5.41, 5.74) is 5.82. The van der Waals surface area contributed by atoms with Gasteiger partial charge >= 0.3 is 6.18 Å². The molecule has 4 rings (SSSR count). The Balaban J connectivity index is 1.51. The van der Waals surface area contributed by atoms with Gasteiger partial charge in [-0.3, -0.25) is 4.79 Å². The van der Waals surface area contributed by atoms with Crippen LogP contribution in [0.3, 0.4) is 0 Å². The fourth-order valence-corrected chi connectivity index (χ4v) is 5.44. The quantitative estimate of drug-likeness (QED) is 0.358. The summed E-state index contributed by atoms with van der Waals surface area (Å²) in [6.07, 6.45) is -4.80. The number of hydrogen-bond acceptors (Lipinski definition) is 5. The fourth-order valence-electron chi connectivity index (χ4n) is 4.12. The number of alkyl halides is 3. The molecule has 14 heteroatoms. The second-order valence-corrected chi connectivity index (χ2v) is 9.87. The number of carbonyl (C=O) groups excluding carboxylic acids is 1. The Hall–Kier alpha value is -2.32. The average Bonchev–Trinajstić information content (AvgIpc) is 3.44. The molecule has 2 aliphatic heterocycles.